The lowest BCUT2D eigenvalue weighted by Crippen LogP contribution is -2.39. The van der Waals surface area contributed by atoms with Crippen molar-refractivity contribution in [1.82, 2.24) is 0 Å². The molecule has 1 atom stereocenters. The summed E-state index contributed by atoms with van der Waals surface area (Å²) < 4.78 is 10.4. The Morgan fingerprint density at radius 2 is 2.29 bits per heavy atom. The van der Waals surface area contributed by atoms with Crippen molar-refractivity contribution < 1.29 is 19.4 Å². The van der Waals surface area contributed by atoms with Gasteiger partial charge in [0.2, 0.25) is 0 Å². The van der Waals surface area contributed by atoms with Crippen molar-refractivity contribution in [2.24, 2.45) is 0 Å². The van der Waals surface area contributed by atoms with Crippen molar-refractivity contribution in [2.45, 2.75) is 6.10 Å². The summed E-state index contributed by atoms with van der Waals surface area (Å²) in [4.78, 5) is 11.8. The van der Waals surface area contributed by atoms with Crippen LogP contribution < -0.4 is 5.32 Å². The first kappa shape index (κ1) is 12.2. The van der Waals surface area contributed by atoms with E-state index in [-0.39, 0.29) is 23.3 Å². The molecule has 1 unspecified atom stereocenters. The fourth-order valence-corrected chi connectivity index (χ4v) is 1.68. The number of hydrogen-bond donors (Lipinski definition) is 2. The molecule has 0 aromatic heterocycles. The maximum atomic E-state index is 11.8. The third kappa shape index (κ3) is 3.09. The highest BCUT2D eigenvalue weighted by atomic mass is 35.5. The van der Waals surface area contributed by atoms with Crippen LogP contribution in [0.1, 0.15) is 0 Å². The van der Waals surface area contributed by atoms with Crippen molar-refractivity contribution in [1.29, 1.82) is 0 Å². The molecule has 1 aromatic carbocycles. The summed E-state index contributed by atoms with van der Waals surface area (Å²) in [5.74, 6) is -0.262. The van der Waals surface area contributed by atoms with Crippen LogP contribution in [0.5, 0.6) is 5.75 Å². The molecule has 17 heavy (non-hydrogen) atoms. The highest BCUT2D eigenvalue weighted by molar-refractivity contribution is 6.33. The molecule has 2 rings (SSSR count). The Morgan fingerprint density at radius 3 is 2.94 bits per heavy atom. The lowest BCUT2D eigenvalue weighted by molar-refractivity contribution is -0.142. The zero-order valence-electron chi connectivity index (χ0n) is 8.98. The fraction of sp³-hybridized carbons (Fsp3) is 0.364. The highest BCUT2D eigenvalue weighted by Crippen LogP contribution is 2.26. The Balaban J connectivity index is 2.02. The number of carbonyl (C=O) groups is 1. The lowest BCUT2D eigenvalue weighted by atomic mass is 10.2. The summed E-state index contributed by atoms with van der Waals surface area (Å²) >= 11 is 5.87. The molecule has 5 nitrogen and oxygen atoms in total. The van der Waals surface area contributed by atoms with E-state index >= 15 is 0 Å². The summed E-state index contributed by atoms with van der Waals surface area (Å²) in [6, 6.07) is 4.33. The van der Waals surface area contributed by atoms with Crippen molar-refractivity contribution in [3.8, 4) is 5.75 Å². The molecule has 1 aliphatic heterocycles. The zero-order chi connectivity index (χ0) is 12.3. The van der Waals surface area contributed by atoms with Gasteiger partial charge >= 0.3 is 0 Å². The molecule has 1 aromatic rings. The zero-order valence-corrected chi connectivity index (χ0v) is 9.74. The quantitative estimate of drug-likeness (QED) is 0.786. The van der Waals surface area contributed by atoms with E-state index in [0.29, 0.717) is 18.9 Å². The largest absolute Gasteiger partial charge is 0.508 e. The molecule has 0 saturated carbocycles. The SMILES string of the molecule is O=C(Nc1ccc(O)cc1Cl)C1COCCO1. The van der Waals surface area contributed by atoms with E-state index in [2.05, 4.69) is 5.32 Å². The number of benzene rings is 1. The molecule has 0 bridgehead atoms. The van der Waals surface area contributed by atoms with E-state index in [1.165, 1.54) is 18.2 Å². The number of halogens is 1. The molecule has 0 radical (unpaired) electrons. The van der Waals surface area contributed by atoms with Gasteiger partial charge in [0.1, 0.15) is 5.75 Å². The van der Waals surface area contributed by atoms with Crippen LogP contribution in [0, 0.1) is 0 Å². The number of nitrogens with one attached hydrogen (secondary N) is 1. The maximum Gasteiger partial charge on any atom is 0.255 e. The number of ether oxygens (including phenoxy) is 2. The molecule has 1 heterocycles. The number of hydrogen-bond acceptors (Lipinski definition) is 4. The number of amides is 1. The Bertz CT molecular complexity index is 418. The van der Waals surface area contributed by atoms with Crippen LogP contribution in [0.2, 0.25) is 5.02 Å². The molecule has 1 fully saturated rings. The van der Waals surface area contributed by atoms with Crippen molar-refractivity contribution in [3.63, 3.8) is 0 Å². The minimum atomic E-state index is -0.617. The van der Waals surface area contributed by atoms with Gasteiger partial charge in [-0.15, -0.1) is 0 Å². The second-order valence-electron chi connectivity index (χ2n) is 3.59. The van der Waals surface area contributed by atoms with Gasteiger partial charge in [0.25, 0.3) is 5.91 Å². The van der Waals surface area contributed by atoms with Gasteiger partial charge in [-0.05, 0) is 12.1 Å². The smallest absolute Gasteiger partial charge is 0.255 e. The minimum absolute atomic E-state index is 0.0465. The third-order valence-corrected chi connectivity index (χ3v) is 2.63. The first-order valence-corrected chi connectivity index (χ1v) is 5.53. The highest BCUT2D eigenvalue weighted by Gasteiger charge is 2.23. The molecule has 1 saturated heterocycles. The Morgan fingerprint density at radius 1 is 1.47 bits per heavy atom. The van der Waals surface area contributed by atoms with Crippen molar-refractivity contribution in [2.75, 3.05) is 25.1 Å². The Kier molecular flexibility index (Phi) is 3.83. The summed E-state index contributed by atoms with van der Waals surface area (Å²) in [5, 5.41) is 12.1. The van der Waals surface area contributed by atoms with E-state index in [9.17, 15) is 9.90 Å². The first-order valence-electron chi connectivity index (χ1n) is 5.15. The molecule has 1 aliphatic rings. The molecular weight excluding hydrogens is 246 g/mol. The maximum absolute atomic E-state index is 11.8. The molecular formula is C11H12ClNO4. The molecule has 1 amide bonds. The van der Waals surface area contributed by atoms with E-state index < -0.39 is 6.10 Å². The van der Waals surface area contributed by atoms with Gasteiger partial charge in [-0.1, -0.05) is 11.6 Å². The van der Waals surface area contributed by atoms with Gasteiger partial charge in [-0.3, -0.25) is 4.79 Å². The predicted octanol–water partition coefficient (Wildman–Crippen LogP) is 1.40. The van der Waals surface area contributed by atoms with Gasteiger partial charge in [-0.2, -0.15) is 0 Å². The topological polar surface area (TPSA) is 67.8 Å². The fourth-order valence-electron chi connectivity index (χ4n) is 1.46. The number of phenolic OH excluding ortho intramolecular Hbond substituents is 1. The molecule has 0 aliphatic carbocycles. The number of anilines is 1. The Labute approximate surface area is 103 Å². The minimum Gasteiger partial charge on any atom is -0.508 e. The van der Waals surface area contributed by atoms with E-state index in [1.54, 1.807) is 0 Å². The van der Waals surface area contributed by atoms with Crippen LogP contribution >= 0.6 is 11.6 Å². The van der Waals surface area contributed by atoms with Gasteiger partial charge in [-0.25, -0.2) is 0 Å². The summed E-state index contributed by atoms with van der Waals surface area (Å²) in [6.45, 7) is 1.15. The van der Waals surface area contributed by atoms with E-state index in [4.69, 9.17) is 21.1 Å². The number of phenols is 1. The van der Waals surface area contributed by atoms with Crippen LogP contribution in [0.4, 0.5) is 5.69 Å². The number of aromatic hydroxyl groups is 1. The normalized spacial score (nSPS) is 19.9. The monoisotopic (exact) mass is 257 g/mol. The molecule has 2 N–H and O–H groups in total. The van der Waals surface area contributed by atoms with Crippen molar-refractivity contribution >= 4 is 23.2 Å². The Hall–Kier alpha value is -1.30. The summed E-state index contributed by atoms with van der Waals surface area (Å²) in [6.07, 6.45) is -0.617. The van der Waals surface area contributed by atoms with E-state index in [0.717, 1.165) is 0 Å². The van der Waals surface area contributed by atoms with Crippen LogP contribution in [0.3, 0.4) is 0 Å². The number of rotatable bonds is 2. The summed E-state index contributed by atoms with van der Waals surface area (Å²) in [5.41, 5.74) is 0.434. The first-order chi connectivity index (χ1) is 8.16. The third-order valence-electron chi connectivity index (χ3n) is 2.32. The molecule has 6 heteroatoms. The van der Waals surface area contributed by atoms with Crippen LogP contribution in [0.15, 0.2) is 18.2 Å². The average molecular weight is 258 g/mol. The van der Waals surface area contributed by atoms with Gasteiger partial charge in [0, 0.05) is 6.07 Å². The predicted molar refractivity (Wildman–Crippen MR) is 62.3 cm³/mol. The van der Waals surface area contributed by atoms with Crippen LogP contribution in [-0.2, 0) is 14.3 Å². The second kappa shape index (κ2) is 5.35. The molecule has 92 valence electrons. The van der Waals surface area contributed by atoms with Crippen LogP contribution in [-0.4, -0.2) is 36.9 Å². The average Bonchev–Trinajstić information content (AvgIpc) is 2.34. The lowest BCUT2D eigenvalue weighted by Gasteiger charge is -2.22. The van der Waals surface area contributed by atoms with Gasteiger partial charge in [0.05, 0.1) is 30.5 Å². The van der Waals surface area contributed by atoms with Crippen LogP contribution in [0.25, 0.3) is 0 Å². The van der Waals surface area contributed by atoms with E-state index in [1.807, 2.05) is 0 Å². The van der Waals surface area contributed by atoms with Crippen molar-refractivity contribution in [3.05, 3.63) is 23.2 Å². The van der Waals surface area contributed by atoms with Gasteiger partial charge < -0.3 is 19.9 Å². The second-order valence-corrected chi connectivity index (χ2v) is 3.99. The summed E-state index contributed by atoms with van der Waals surface area (Å²) in [7, 11) is 0. The standard InChI is InChI=1S/C11H12ClNO4/c12-8-5-7(14)1-2-9(8)13-11(15)10-6-16-3-4-17-10/h1-2,5,10,14H,3-4,6H2,(H,13,15). The van der Waals surface area contributed by atoms with Gasteiger partial charge in [0.15, 0.2) is 6.10 Å². The molecule has 0 spiro atoms. The number of carbonyl (C=O) groups excluding carboxylic acids is 1.